The van der Waals surface area contributed by atoms with E-state index in [-0.39, 0.29) is 5.75 Å². The molecule has 0 aliphatic heterocycles. The van der Waals surface area contributed by atoms with Crippen molar-refractivity contribution in [2.45, 2.75) is 18.3 Å². The second kappa shape index (κ2) is 3.23. The quantitative estimate of drug-likeness (QED) is 0.679. The smallest absolute Gasteiger partial charge is 0.134 e. The van der Waals surface area contributed by atoms with Crippen LogP contribution in [0.4, 0.5) is 8.78 Å². The van der Waals surface area contributed by atoms with Crippen molar-refractivity contribution in [3.05, 3.63) is 29.3 Å². The van der Waals surface area contributed by atoms with E-state index in [2.05, 4.69) is 5.92 Å². The van der Waals surface area contributed by atoms with Gasteiger partial charge in [0.2, 0.25) is 0 Å². The Balaban J connectivity index is 2.60. The van der Waals surface area contributed by atoms with E-state index in [4.69, 9.17) is 11.2 Å². The summed E-state index contributed by atoms with van der Waals surface area (Å²) < 4.78 is 31.5. The summed E-state index contributed by atoms with van der Waals surface area (Å²) >= 11 is 0. The third kappa shape index (κ3) is 1.46. The summed E-state index contributed by atoms with van der Waals surface area (Å²) in [7, 11) is 1.38. The fourth-order valence-corrected chi connectivity index (χ4v) is 1.77. The number of terminal acetylenes is 1. The SMILES string of the molecule is C#CC1(c2c(F)cc(F)cc2OC)CC1. The van der Waals surface area contributed by atoms with Gasteiger partial charge in [-0.25, -0.2) is 8.78 Å². The van der Waals surface area contributed by atoms with Gasteiger partial charge in [0.25, 0.3) is 0 Å². The van der Waals surface area contributed by atoms with Crippen molar-refractivity contribution in [2.75, 3.05) is 7.11 Å². The van der Waals surface area contributed by atoms with Gasteiger partial charge in [-0.15, -0.1) is 6.42 Å². The van der Waals surface area contributed by atoms with Crippen LogP contribution in [0.25, 0.3) is 0 Å². The highest BCUT2D eigenvalue weighted by Crippen LogP contribution is 2.51. The van der Waals surface area contributed by atoms with Gasteiger partial charge in [0.1, 0.15) is 17.4 Å². The van der Waals surface area contributed by atoms with Crippen molar-refractivity contribution in [3.63, 3.8) is 0 Å². The minimum Gasteiger partial charge on any atom is -0.496 e. The molecule has 0 saturated heterocycles. The summed E-state index contributed by atoms with van der Waals surface area (Å²) in [6.45, 7) is 0. The first-order valence-electron chi connectivity index (χ1n) is 4.64. The van der Waals surface area contributed by atoms with E-state index >= 15 is 0 Å². The molecule has 1 aliphatic carbocycles. The summed E-state index contributed by atoms with van der Waals surface area (Å²) in [5.41, 5.74) is -0.266. The molecule has 0 bridgehead atoms. The minimum atomic E-state index is -0.652. The first kappa shape index (κ1) is 9.97. The first-order valence-corrected chi connectivity index (χ1v) is 4.64. The zero-order chi connectivity index (χ0) is 11.1. The van der Waals surface area contributed by atoms with Gasteiger partial charge in [-0.1, -0.05) is 5.92 Å². The van der Waals surface area contributed by atoms with Crippen molar-refractivity contribution >= 4 is 0 Å². The van der Waals surface area contributed by atoms with E-state index in [0.717, 1.165) is 25.0 Å². The average molecular weight is 208 g/mol. The Kier molecular flexibility index (Phi) is 2.15. The monoisotopic (exact) mass is 208 g/mol. The van der Waals surface area contributed by atoms with Gasteiger partial charge in [-0.05, 0) is 12.8 Å². The van der Waals surface area contributed by atoms with E-state index in [1.54, 1.807) is 0 Å². The number of halogens is 2. The van der Waals surface area contributed by atoms with Crippen LogP contribution in [0, 0.1) is 24.0 Å². The summed E-state index contributed by atoms with van der Waals surface area (Å²) in [6.07, 6.45) is 6.81. The zero-order valence-electron chi connectivity index (χ0n) is 8.31. The Labute approximate surface area is 87.1 Å². The Morgan fingerprint density at radius 3 is 2.53 bits per heavy atom. The van der Waals surface area contributed by atoms with E-state index in [0.29, 0.717) is 5.56 Å². The second-order valence-electron chi connectivity index (χ2n) is 3.69. The molecule has 1 aromatic rings. The van der Waals surface area contributed by atoms with Crippen molar-refractivity contribution in [1.29, 1.82) is 0 Å². The number of hydrogen-bond donors (Lipinski definition) is 0. The highest BCUT2D eigenvalue weighted by atomic mass is 19.1. The number of ether oxygens (including phenoxy) is 1. The molecule has 0 amide bonds. The van der Waals surface area contributed by atoms with Crippen LogP contribution in [0.15, 0.2) is 12.1 Å². The van der Waals surface area contributed by atoms with Crippen LogP contribution < -0.4 is 4.74 Å². The topological polar surface area (TPSA) is 9.23 Å². The van der Waals surface area contributed by atoms with Crippen molar-refractivity contribution in [3.8, 4) is 18.1 Å². The maximum Gasteiger partial charge on any atom is 0.134 e. The lowest BCUT2D eigenvalue weighted by Crippen LogP contribution is -2.09. The number of hydrogen-bond acceptors (Lipinski definition) is 1. The molecule has 1 aliphatic rings. The maximum absolute atomic E-state index is 13.6. The van der Waals surface area contributed by atoms with Gasteiger partial charge < -0.3 is 4.74 Å². The lowest BCUT2D eigenvalue weighted by molar-refractivity contribution is 0.397. The minimum absolute atomic E-state index is 0.197. The standard InChI is InChI=1S/C12H10F2O/c1-3-12(4-5-12)11-9(14)6-8(13)7-10(11)15-2/h1,6-7H,4-5H2,2H3. The highest BCUT2D eigenvalue weighted by molar-refractivity contribution is 5.50. The third-order valence-electron chi connectivity index (χ3n) is 2.74. The van der Waals surface area contributed by atoms with Crippen LogP contribution in [-0.2, 0) is 5.41 Å². The van der Waals surface area contributed by atoms with Crippen LogP contribution in [0.3, 0.4) is 0 Å². The molecule has 0 N–H and O–H groups in total. The molecule has 0 radical (unpaired) electrons. The van der Waals surface area contributed by atoms with E-state index in [1.807, 2.05) is 0 Å². The molecule has 0 heterocycles. The molecule has 0 aromatic heterocycles. The van der Waals surface area contributed by atoms with Crippen LogP contribution in [0.1, 0.15) is 18.4 Å². The predicted octanol–water partition coefficient (Wildman–Crippen LogP) is 2.64. The molecular formula is C12H10F2O. The van der Waals surface area contributed by atoms with Crippen molar-refractivity contribution in [1.82, 2.24) is 0 Å². The largest absolute Gasteiger partial charge is 0.496 e. The highest BCUT2D eigenvalue weighted by Gasteiger charge is 2.46. The molecule has 0 atom stereocenters. The van der Waals surface area contributed by atoms with Crippen LogP contribution >= 0.6 is 0 Å². The molecule has 1 nitrogen and oxygen atoms in total. The molecular weight excluding hydrogens is 198 g/mol. The van der Waals surface area contributed by atoms with Gasteiger partial charge in [-0.3, -0.25) is 0 Å². The van der Waals surface area contributed by atoms with E-state index in [1.165, 1.54) is 7.11 Å². The van der Waals surface area contributed by atoms with Gasteiger partial charge in [-0.2, -0.15) is 0 Å². The molecule has 2 rings (SSSR count). The lowest BCUT2D eigenvalue weighted by Gasteiger charge is -2.14. The zero-order valence-corrected chi connectivity index (χ0v) is 8.31. The molecule has 78 valence electrons. The molecule has 0 spiro atoms. The third-order valence-corrected chi connectivity index (χ3v) is 2.74. The molecule has 1 saturated carbocycles. The average Bonchev–Trinajstić information content (AvgIpc) is 2.97. The molecule has 1 fully saturated rings. The number of methoxy groups -OCH3 is 1. The van der Waals surface area contributed by atoms with Gasteiger partial charge in [0.15, 0.2) is 0 Å². The molecule has 1 aromatic carbocycles. The fraction of sp³-hybridized carbons (Fsp3) is 0.333. The van der Waals surface area contributed by atoms with Gasteiger partial charge >= 0.3 is 0 Å². The van der Waals surface area contributed by atoms with Crippen LogP contribution in [-0.4, -0.2) is 7.11 Å². The maximum atomic E-state index is 13.6. The van der Waals surface area contributed by atoms with Crippen LogP contribution in [0.5, 0.6) is 5.75 Å². The van der Waals surface area contributed by atoms with E-state index in [9.17, 15) is 8.78 Å². The van der Waals surface area contributed by atoms with E-state index < -0.39 is 17.0 Å². The van der Waals surface area contributed by atoms with Crippen molar-refractivity contribution < 1.29 is 13.5 Å². The Morgan fingerprint density at radius 2 is 2.07 bits per heavy atom. The second-order valence-corrected chi connectivity index (χ2v) is 3.69. The van der Waals surface area contributed by atoms with Crippen LogP contribution in [0.2, 0.25) is 0 Å². The number of rotatable bonds is 2. The summed E-state index contributed by atoms with van der Waals surface area (Å²) in [5.74, 6) is 1.48. The lowest BCUT2D eigenvalue weighted by atomic mass is 9.95. The fourth-order valence-electron chi connectivity index (χ4n) is 1.77. The Morgan fingerprint density at radius 1 is 1.40 bits per heavy atom. The molecule has 15 heavy (non-hydrogen) atoms. The summed E-state index contributed by atoms with van der Waals surface area (Å²) in [4.78, 5) is 0. The number of benzene rings is 1. The van der Waals surface area contributed by atoms with Gasteiger partial charge in [0.05, 0.1) is 12.5 Å². The van der Waals surface area contributed by atoms with Gasteiger partial charge in [0, 0.05) is 17.7 Å². The van der Waals surface area contributed by atoms with Crippen molar-refractivity contribution in [2.24, 2.45) is 0 Å². The Bertz CT molecular complexity index is 442. The first-order chi connectivity index (χ1) is 7.13. The predicted molar refractivity (Wildman–Crippen MR) is 52.7 cm³/mol. The molecule has 3 heteroatoms. The summed E-state index contributed by atoms with van der Waals surface area (Å²) in [5, 5.41) is 0. The Hall–Kier alpha value is -1.56. The molecule has 0 unspecified atom stereocenters. The summed E-state index contributed by atoms with van der Waals surface area (Å²) in [6, 6.07) is 2.01. The normalized spacial score (nSPS) is 16.9.